The molecule has 0 bridgehead atoms. The molecule has 1 heteroatoms. The Morgan fingerprint density at radius 2 is 1.80 bits per heavy atom. The second-order valence-electron chi connectivity index (χ2n) is 5.64. The van der Waals surface area contributed by atoms with Crippen LogP contribution >= 0.6 is 0 Å². The zero-order chi connectivity index (χ0) is 11.3. The monoisotopic (exact) mass is 204 g/mol. The highest BCUT2D eigenvalue weighted by atomic mass is 16.3. The van der Waals surface area contributed by atoms with Gasteiger partial charge in [0.1, 0.15) is 0 Å². The second kappa shape index (κ2) is 3.08. The average Bonchev–Trinajstić information content (AvgIpc) is 2.36. The van der Waals surface area contributed by atoms with E-state index in [1.165, 1.54) is 5.56 Å². The quantitative estimate of drug-likeness (QED) is 0.745. The lowest BCUT2D eigenvalue weighted by molar-refractivity contribution is -0.0969. The number of hydrogen-bond acceptors (Lipinski definition) is 1. The number of aliphatic hydroxyl groups is 1. The molecule has 1 aromatic carbocycles. The van der Waals surface area contributed by atoms with E-state index in [0.29, 0.717) is 0 Å². The van der Waals surface area contributed by atoms with Gasteiger partial charge in [-0.3, -0.25) is 0 Å². The molecule has 1 aliphatic rings. The molecule has 1 unspecified atom stereocenters. The van der Waals surface area contributed by atoms with Crippen molar-refractivity contribution in [3.63, 3.8) is 0 Å². The van der Waals surface area contributed by atoms with Gasteiger partial charge < -0.3 is 5.11 Å². The van der Waals surface area contributed by atoms with E-state index in [1.54, 1.807) is 0 Å². The van der Waals surface area contributed by atoms with Crippen LogP contribution in [-0.2, 0) is 12.0 Å². The second-order valence-corrected chi connectivity index (χ2v) is 5.64. The summed E-state index contributed by atoms with van der Waals surface area (Å²) in [5.41, 5.74) is 1.69. The van der Waals surface area contributed by atoms with Gasteiger partial charge in [-0.15, -0.1) is 0 Å². The van der Waals surface area contributed by atoms with Crippen molar-refractivity contribution in [2.75, 3.05) is 0 Å². The van der Waals surface area contributed by atoms with Crippen molar-refractivity contribution in [2.24, 2.45) is 11.3 Å². The normalized spacial score (nSPS) is 28.1. The fraction of sp³-hybridized carbons (Fsp3) is 0.571. The Morgan fingerprint density at radius 3 is 2.40 bits per heavy atom. The minimum absolute atomic E-state index is 0.0646. The maximum absolute atomic E-state index is 10.9. The molecule has 15 heavy (non-hydrogen) atoms. The summed E-state index contributed by atoms with van der Waals surface area (Å²) in [5.74, 6) is 0.246. The molecule has 0 fully saturated rings. The third-order valence-corrected chi connectivity index (χ3v) is 3.93. The molecule has 1 atom stereocenters. The van der Waals surface area contributed by atoms with Gasteiger partial charge in [0.15, 0.2) is 0 Å². The predicted octanol–water partition coefficient (Wildman–Crippen LogP) is 3.11. The van der Waals surface area contributed by atoms with Crippen LogP contribution in [-0.4, -0.2) is 5.11 Å². The van der Waals surface area contributed by atoms with Gasteiger partial charge in [0.2, 0.25) is 0 Å². The van der Waals surface area contributed by atoms with Crippen LogP contribution < -0.4 is 0 Å². The number of fused-ring (bicyclic) bond motifs is 1. The maximum atomic E-state index is 10.9. The summed E-state index contributed by atoms with van der Waals surface area (Å²) < 4.78 is 0. The molecule has 1 N–H and O–H groups in total. The topological polar surface area (TPSA) is 20.2 Å². The van der Waals surface area contributed by atoms with Crippen LogP contribution in [0, 0.1) is 11.3 Å². The Labute approximate surface area is 92.1 Å². The molecule has 0 radical (unpaired) electrons. The Kier molecular flexibility index (Phi) is 2.20. The van der Waals surface area contributed by atoms with Gasteiger partial charge in [0, 0.05) is 5.41 Å². The summed E-state index contributed by atoms with van der Waals surface area (Å²) in [6, 6.07) is 8.29. The molecule has 0 aromatic heterocycles. The lowest BCUT2D eigenvalue weighted by atomic mass is 9.69. The Hall–Kier alpha value is -0.820. The predicted molar refractivity (Wildman–Crippen MR) is 62.7 cm³/mol. The van der Waals surface area contributed by atoms with E-state index >= 15 is 0 Å². The van der Waals surface area contributed by atoms with Crippen LogP contribution in [0.15, 0.2) is 24.3 Å². The summed E-state index contributed by atoms with van der Waals surface area (Å²) in [7, 11) is 0. The molecule has 0 spiro atoms. The van der Waals surface area contributed by atoms with Crippen molar-refractivity contribution < 1.29 is 5.11 Å². The minimum atomic E-state index is -0.677. The summed E-state index contributed by atoms with van der Waals surface area (Å²) >= 11 is 0. The number of hydrogen-bond donors (Lipinski definition) is 1. The molecule has 82 valence electrons. The van der Waals surface area contributed by atoms with Crippen LogP contribution in [0.2, 0.25) is 0 Å². The smallest absolute Gasteiger partial charge is 0.0975 e. The van der Waals surface area contributed by atoms with Crippen molar-refractivity contribution in [3.05, 3.63) is 35.4 Å². The first-order valence-electron chi connectivity index (χ1n) is 5.70. The molecule has 0 saturated carbocycles. The third-order valence-electron chi connectivity index (χ3n) is 3.93. The van der Waals surface area contributed by atoms with E-state index in [4.69, 9.17) is 0 Å². The molecule has 0 heterocycles. The zero-order valence-electron chi connectivity index (χ0n) is 10.0. The molecular weight excluding hydrogens is 184 g/mol. The molecule has 2 rings (SSSR count). The van der Waals surface area contributed by atoms with Crippen LogP contribution in [0.4, 0.5) is 0 Å². The molecule has 0 saturated heterocycles. The summed E-state index contributed by atoms with van der Waals surface area (Å²) in [6.07, 6.45) is 0.970. The fourth-order valence-electron chi connectivity index (χ4n) is 3.11. The number of rotatable bonds is 1. The van der Waals surface area contributed by atoms with Gasteiger partial charge in [-0.2, -0.15) is 0 Å². The van der Waals surface area contributed by atoms with Crippen molar-refractivity contribution >= 4 is 0 Å². The van der Waals surface area contributed by atoms with Crippen LogP contribution in [0.3, 0.4) is 0 Å². The van der Waals surface area contributed by atoms with E-state index in [-0.39, 0.29) is 11.3 Å². The Bertz CT molecular complexity index is 379. The summed E-state index contributed by atoms with van der Waals surface area (Å²) in [4.78, 5) is 0. The average molecular weight is 204 g/mol. The first-order chi connectivity index (χ1) is 6.89. The Balaban J connectivity index is 2.62. The fourth-order valence-corrected chi connectivity index (χ4v) is 3.11. The van der Waals surface area contributed by atoms with Gasteiger partial charge in [0.05, 0.1) is 5.60 Å². The van der Waals surface area contributed by atoms with Crippen LogP contribution in [0.25, 0.3) is 0 Å². The van der Waals surface area contributed by atoms with Crippen LogP contribution in [0.1, 0.15) is 38.8 Å². The van der Waals surface area contributed by atoms with E-state index in [9.17, 15) is 5.11 Å². The first kappa shape index (κ1) is 10.7. The molecule has 1 aliphatic carbocycles. The van der Waals surface area contributed by atoms with Gasteiger partial charge >= 0.3 is 0 Å². The lowest BCUT2D eigenvalue weighted by Gasteiger charge is -2.41. The van der Waals surface area contributed by atoms with Gasteiger partial charge in [-0.25, -0.2) is 0 Å². The first-order valence-corrected chi connectivity index (χ1v) is 5.70. The molecule has 0 aliphatic heterocycles. The summed E-state index contributed by atoms with van der Waals surface area (Å²) in [5, 5.41) is 10.9. The molecule has 1 aromatic rings. The lowest BCUT2D eigenvalue weighted by Crippen LogP contribution is -2.43. The largest absolute Gasteiger partial charge is 0.384 e. The molecule has 0 amide bonds. The van der Waals surface area contributed by atoms with E-state index in [1.807, 2.05) is 6.07 Å². The highest BCUT2D eigenvalue weighted by Crippen LogP contribution is 2.53. The third kappa shape index (κ3) is 1.26. The van der Waals surface area contributed by atoms with E-state index < -0.39 is 5.60 Å². The SMILES string of the molecule is CC(C)C1(O)c2ccccc2CC1(C)C. The van der Waals surface area contributed by atoms with Crippen molar-refractivity contribution in [3.8, 4) is 0 Å². The standard InChI is InChI=1S/C14H20O/c1-10(2)14(15)12-8-6-5-7-11(12)9-13(14,3)4/h5-8,10,15H,9H2,1-4H3. The molecular formula is C14H20O. The highest BCUT2D eigenvalue weighted by Gasteiger charge is 2.52. The Morgan fingerprint density at radius 1 is 1.20 bits per heavy atom. The zero-order valence-corrected chi connectivity index (χ0v) is 10.0. The maximum Gasteiger partial charge on any atom is 0.0975 e. The molecule has 1 nitrogen and oxygen atoms in total. The van der Waals surface area contributed by atoms with Gasteiger partial charge in [0.25, 0.3) is 0 Å². The van der Waals surface area contributed by atoms with Crippen molar-refractivity contribution in [1.82, 2.24) is 0 Å². The number of benzene rings is 1. The highest BCUT2D eigenvalue weighted by molar-refractivity contribution is 5.40. The van der Waals surface area contributed by atoms with E-state index in [2.05, 4.69) is 45.9 Å². The van der Waals surface area contributed by atoms with Crippen molar-refractivity contribution in [2.45, 2.75) is 39.7 Å². The summed E-state index contributed by atoms with van der Waals surface area (Å²) in [6.45, 7) is 8.52. The van der Waals surface area contributed by atoms with E-state index in [0.717, 1.165) is 12.0 Å². The van der Waals surface area contributed by atoms with Crippen LogP contribution in [0.5, 0.6) is 0 Å². The van der Waals surface area contributed by atoms with Gasteiger partial charge in [-0.05, 0) is 23.5 Å². The van der Waals surface area contributed by atoms with Gasteiger partial charge in [-0.1, -0.05) is 52.0 Å². The minimum Gasteiger partial charge on any atom is -0.384 e. The van der Waals surface area contributed by atoms with Crippen molar-refractivity contribution in [1.29, 1.82) is 0 Å².